The van der Waals surface area contributed by atoms with Crippen LogP contribution >= 0.6 is 0 Å². The van der Waals surface area contributed by atoms with Crippen molar-refractivity contribution in [2.75, 3.05) is 7.05 Å². The molecule has 0 saturated carbocycles. The maximum atomic E-state index is 12.1. The van der Waals surface area contributed by atoms with Gasteiger partial charge in [0.1, 0.15) is 5.69 Å². The lowest BCUT2D eigenvalue weighted by molar-refractivity contribution is 0.0873. The highest BCUT2D eigenvalue weighted by Crippen LogP contribution is 2.34. The fourth-order valence-corrected chi connectivity index (χ4v) is 3.39. The molecule has 98 valence electrons. The van der Waals surface area contributed by atoms with Crippen LogP contribution in [-0.4, -0.2) is 45.8 Å². The van der Waals surface area contributed by atoms with E-state index in [-0.39, 0.29) is 5.91 Å². The Bertz CT molecular complexity index is 442. The highest BCUT2D eigenvalue weighted by atomic mass is 16.2. The molecule has 0 spiro atoms. The lowest BCUT2D eigenvalue weighted by atomic mass is 9.98. The molecule has 1 aromatic heterocycles. The minimum atomic E-state index is 0.00366. The highest BCUT2D eigenvalue weighted by molar-refractivity contribution is 5.92. The second-order valence-corrected chi connectivity index (χ2v) is 5.53. The first-order chi connectivity index (χ1) is 8.65. The second-order valence-electron chi connectivity index (χ2n) is 5.53. The summed E-state index contributed by atoms with van der Waals surface area (Å²) in [6, 6.07) is 3.39. The molecule has 2 bridgehead atoms. The summed E-state index contributed by atoms with van der Waals surface area (Å²) < 4.78 is 1.62. The molecule has 2 saturated heterocycles. The van der Waals surface area contributed by atoms with Crippen LogP contribution in [0.25, 0.3) is 0 Å². The van der Waals surface area contributed by atoms with Crippen molar-refractivity contribution in [2.24, 2.45) is 7.05 Å². The Kier molecular flexibility index (Phi) is 2.86. The van der Waals surface area contributed by atoms with Crippen molar-refractivity contribution in [3.05, 3.63) is 18.0 Å². The smallest absolute Gasteiger partial charge is 0.269 e. The third-order valence-electron chi connectivity index (χ3n) is 4.49. The summed E-state index contributed by atoms with van der Waals surface area (Å²) in [4.78, 5) is 14.6. The molecule has 0 radical (unpaired) electrons. The fraction of sp³-hybridized carbons (Fsp3) is 0.692. The molecule has 1 N–H and O–H groups in total. The zero-order valence-corrected chi connectivity index (χ0v) is 11.0. The van der Waals surface area contributed by atoms with Gasteiger partial charge in [0, 0.05) is 31.4 Å². The summed E-state index contributed by atoms with van der Waals surface area (Å²) >= 11 is 0. The second kappa shape index (κ2) is 4.39. The fourth-order valence-electron chi connectivity index (χ4n) is 3.39. The van der Waals surface area contributed by atoms with E-state index in [1.807, 2.05) is 0 Å². The van der Waals surface area contributed by atoms with Gasteiger partial charge in [-0.1, -0.05) is 0 Å². The molecule has 1 amide bonds. The van der Waals surface area contributed by atoms with Crippen LogP contribution in [0.1, 0.15) is 36.2 Å². The predicted octanol–water partition coefficient (Wildman–Crippen LogP) is 0.775. The zero-order chi connectivity index (χ0) is 12.7. The zero-order valence-electron chi connectivity index (χ0n) is 11.0. The number of aryl methyl sites for hydroxylation is 1. The first-order valence-electron chi connectivity index (χ1n) is 6.66. The van der Waals surface area contributed by atoms with Crippen molar-refractivity contribution in [3.63, 3.8) is 0 Å². The number of carbonyl (C=O) groups is 1. The van der Waals surface area contributed by atoms with Gasteiger partial charge in [-0.05, 0) is 38.8 Å². The van der Waals surface area contributed by atoms with Gasteiger partial charge >= 0.3 is 0 Å². The molecule has 2 aliphatic heterocycles. The Morgan fingerprint density at radius 1 is 1.33 bits per heavy atom. The third kappa shape index (κ3) is 1.92. The number of nitrogens with zero attached hydrogens (tertiary/aromatic N) is 3. The third-order valence-corrected chi connectivity index (χ3v) is 4.49. The van der Waals surface area contributed by atoms with Gasteiger partial charge in [-0.15, -0.1) is 0 Å². The van der Waals surface area contributed by atoms with Gasteiger partial charge in [-0.2, -0.15) is 5.10 Å². The highest BCUT2D eigenvalue weighted by Gasteiger charge is 2.38. The Balaban J connectivity index is 1.65. The summed E-state index contributed by atoms with van der Waals surface area (Å²) in [6.45, 7) is 0. The van der Waals surface area contributed by atoms with Crippen molar-refractivity contribution in [2.45, 2.75) is 43.8 Å². The first kappa shape index (κ1) is 11.7. The van der Waals surface area contributed by atoms with E-state index in [2.05, 4.69) is 22.4 Å². The number of hydrogen-bond donors (Lipinski definition) is 1. The van der Waals surface area contributed by atoms with E-state index >= 15 is 0 Å². The number of piperidine rings is 1. The van der Waals surface area contributed by atoms with Gasteiger partial charge in [0.05, 0.1) is 0 Å². The van der Waals surface area contributed by atoms with Crippen molar-refractivity contribution < 1.29 is 4.79 Å². The van der Waals surface area contributed by atoms with Crippen LogP contribution in [0.5, 0.6) is 0 Å². The van der Waals surface area contributed by atoms with E-state index in [0.717, 1.165) is 12.8 Å². The van der Waals surface area contributed by atoms with Gasteiger partial charge in [-0.25, -0.2) is 0 Å². The van der Waals surface area contributed by atoms with Crippen LogP contribution in [0, 0.1) is 0 Å². The van der Waals surface area contributed by atoms with Crippen LogP contribution in [0.15, 0.2) is 12.3 Å². The molecule has 1 aromatic rings. The van der Waals surface area contributed by atoms with E-state index in [1.54, 1.807) is 24.0 Å². The van der Waals surface area contributed by atoms with E-state index < -0.39 is 0 Å². The molecule has 2 atom stereocenters. The summed E-state index contributed by atoms with van der Waals surface area (Å²) in [6.07, 6.45) is 6.37. The Morgan fingerprint density at radius 2 is 2.00 bits per heavy atom. The molecular formula is C13H20N4O. The van der Waals surface area contributed by atoms with Crippen molar-refractivity contribution >= 4 is 5.91 Å². The molecule has 0 aliphatic carbocycles. The molecule has 2 aliphatic rings. The minimum Gasteiger partial charge on any atom is -0.348 e. The van der Waals surface area contributed by atoms with Crippen LogP contribution in [0.4, 0.5) is 0 Å². The van der Waals surface area contributed by atoms with Crippen molar-refractivity contribution in [1.29, 1.82) is 0 Å². The SMILES string of the molecule is CN1C2CCC1CC(NC(=O)c1ccnn1C)C2. The maximum absolute atomic E-state index is 12.1. The number of fused-ring (bicyclic) bond motifs is 2. The minimum absolute atomic E-state index is 0.00366. The van der Waals surface area contributed by atoms with Crippen LogP contribution in [-0.2, 0) is 7.05 Å². The van der Waals surface area contributed by atoms with Gasteiger partial charge in [-0.3, -0.25) is 9.48 Å². The topological polar surface area (TPSA) is 50.2 Å². The van der Waals surface area contributed by atoms with Crippen LogP contribution in [0.3, 0.4) is 0 Å². The van der Waals surface area contributed by atoms with Gasteiger partial charge < -0.3 is 10.2 Å². The molecule has 3 rings (SSSR count). The Morgan fingerprint density at radius 3 is 2.56 bits per heavy atom. The first-order valence-corrected chi connectivity index (χ1v) is 6.66. The number of amides is 1. The summed E-state index contributed by atoms with van der Waals surface area (Å²) in [5, 5.41) is 7.19. The van der Waals surface area contributed by atoms with Gasteiger partial charge in [0.15, 0.2) is 0 Å². The molecule has 18 heavy (non-hydrogen) atoms. The summed E-state index contributed by atoms with van der Waals surface area (Å²) in [7, 11) is 4.01. The molecule has 5 heteroatoms. The van der Waals surface area contributed by atoms with E-state index in [9.17, 15) is 4.79 Å². The predicted molar refractivity (Wildman–Crippen MR) is 68.3 cm³/mol. The number of carbonyl (C=O) groups excluding carboxylic acids is 1. The molecule has 5 nitrogen and oxygen atoms in total. The number of nitrogens with one attached hydrogen (secondary N) is 1. The van der Waals surface area contributed by atoms with Gasteiger partial charge in [0.2, 0.25) is 0 Å². The van der Waals surface area contributed by atoms with Crippen LogP contribution < -0.4 is 5.32 Å². The monoisotopic (exact) mass is 248 g/mol. The normalized spacial score (nSPS) is 31.6. The largest absolute Gasteiger partial charge is 0.348 e. The summed E-state index contributed by atoms with van der Waals surface area (Å²) in [5.74, 6) is 0.00366. The van der Waals surface area contributed by atoms with E-state index in [1.165, 1.54) is 12.8 Å². The Labute approximate surface area is 107 Å². The average Bonchev–Trinajstić information content (AvgIpc) is 2.82. The summed E-state index contributed by atoms with van der Waals surface area (Å²) in [5.41, 5.74) is 0.640. The molecule has 3 heterocycles. The molecule has 2 unspecified atom stereocenters. The lowest BCUT2D eigenvalue weighted by Gasteiger charge is -2.36. The van der Waals surface area contributed by atoms with E-state index in [0.29, 0.717) is 23.8 Å². The average molecular weight is 248 g/mol. The standard InChI is InChI=1S/C13H20N4O/c1-16-10-3-4-11(16)8-9(7-10)15-13(18)12-5-6-14-17(12)2/h5-6,9-11H,3-4,7-8H2,1-2H3,(H,15,18). The van der Waals surface area contributed by atoms with Gasteiger partial charge in [0.25, 0.3) is 5.91 Å². The molecule has 0 aromatic carbocycles. The molecule has 2 fully saturated rings. The number of rotatable bonds is 2. The van der Waals surface area contributed by atoms with Crippen molar-refractivity contribution in [1.82, 2.24) is 20.0 Å². The van der Waals surface area contributed by atoms with Crippen molar-refractivity contribution in [3.8, 4) is 0 Å². The van der Waals surface area contributed by atoms with Crippen LogP contribution in [0.2, 0.25) is 0 Å². The Hall–Kier alpha value is -1.36. The number of aromatic nitrogens is 2. The quantitative estimate of drug-likeness (QED) is 0.841. The maximum Gasteiger partial charge on any atom is 0.269 e. The lowest BCUT2D eigenvalue weighted by Crippen LogP contribution is -2.48. The number of hydrogen-bond acceptors (Lipinski definition) is 3. The molecular weight excluding hydrogens is 228 g/mol. The van der Waals surface area contributed by atoms with E-state index in [4.69, 9.17) is 0 Å².